The summed E-state index contributed by atoms with van der Waals surface area (Å²) < 4.78 is 5.52. The predicted molar refractivity (Wildman–Crippen MR) is 175 cm³/mol. The number of hydrogen-bond acceptors (Lipinski definition) is 5. The highest BCUT2D eigenvalue weighted by atomic mass is 16.5. The molecule has 5 rings (SSSR count). The van der Waals surface area contributed by atoms with Gasteiger partial charge in [0, 0.05) is 23.4 Å². The van der Waals surface area contributed by atoms with Crippen LogP contribution in [0.3, 0.4) is 0 Å². The van der Waals surface area contributed by atoms with Crippen molar-refractivity contribution in [1.29, 1.82) is 0 Å². The largest absolute Gasteiger partial charge is 0.497 e. The molecule has 2 N–H and O–H groups in total. The molecule has 44 heavy (non-hydrogen) atoms. The van der Waals surface area contributed by atoms with Gasteiger partial charge in [-0.15, -0.1) is 0 Å². The smallest absolute Gasteiger partial charge is 0.213 e. The molecule has 230 valence electrons. The van der Waals surface area contributed by atoms with E-state index in [0.29, 0.717) is 13.0 Å². The van der Waals surface area contributed by atoms with Crippen molar-refractivity contribution < 1.29 is 14.3 Å². The van der Waals surface area contributed by atoms with Gasteiger partial charge in [0.25, 0.3) is 0 Å². The Morgan fingerprint density at radius 1 is 0.977 bits per heavy atom. The van der Waals surface area contributed by atoms with Gasteiger partial charge in [-0.25, -0.2) is 0 Å². The average molecular weight is 593 g/mol. The van der Waals surface area contributed by atoms with Crippen molar-refractivity contribution >= 4 is 12.8 Å². The fraction of sp³-hybridized carbons (Fsp3) is 0.351. The van der Waals surface area contributed by atoms with Crippen molar-refractivity contribution in [3.05, 3.63) is 124 Å². The number of allylic oxidation sites excluding steroid dienone is 2. The standard InChI is InChI=1S/C37H44N4O3/c1-4-33-36(34(35(38-26-42)28(2)39-33)29-13-11-18-32(25-29)44-3)41(27-43)22-12-21-40-23-19-37(20-24-40,30-14-7-5-8-15-30)31-16-9-6-10-17-31/h5-11,13-18,25-27,34,39H,4,12,19-24H2,1-3H3,(H,38,42). The molecule has 2 aliphatic rings. The molecule has 7 nitrogen and oxygen atoms in total. The van der Waals surface area contributed by atoms with Gasteiger partial charge in [0.05, 0.1) is 24.4 Å². The van der Waals surface area contributed by atoms with Crippen molar-refractivity contribution in [3.63, 3.8) is 0 Å². The van der Waals surface area contributed by atoms with Gasteiger partial charge in [-0.3, -0.25) is 9.59 Å². The average Bonchev–Trinajstić information content (AvgIpc) is 3.08. The molecule has 0 aromatic heterocycles. The number of amides is 2. The van der Waals surface area contributed by atoms with E-state index in [1.165, 1.54) is 11.1 Å². The number of likely N-dealkylation sites (tertiary alicyclic amines) is 1. The Labute approximate surface area is 261 Å². The Balaban J connectivity index is 1.32. The number of benzene rings is 3. The van der Waals surface area contributed by atoms with E-state index in [1.54, 1.807) is 7.11 Å². The lowest BCUT2D eigenvalue weighted by Gasteiger charge is -2.43. The van der Waals surface area contributed by atoms with Gasteiger partial charge in [-0.2, -0.15) is 0 Å². The molecule has 2 heterocycles. The van der Waals surface area contributed by atoms with Crippen LogP contribution in [0.15, 0.2) is 108 Å². The van der Waals surface area contributed by atoms with Crippen molar-refractivity contribution in [1.82, 2.24) is 20.4 Å². The van der Waals surface area contributed by atoms with E-state index >= 15 is 0 Å². The van der Waals surface area contributed by atoms with Gasteiger partial charge in [-0.1, -0.05) is 79.7 Å². The first kappa shape index (κ1) is 31.1. The SMILES string of the molecule is CCC1=C(N(C=O)CCCN2CCC(c3ccccc3)(c3ccccc3)CC2)C(c2cccc(OC)c2)C(NC=O)=C(C)N1. The summed E-state index contributed by atoms with van der Waals surface area (Å²) in [4.78, 5) is 28.8. The normalized spacial score (nSPS) is 18.4. The summed E-state index contributed by atoms with van der Waals surface area (Å²) in [5.74, 6) is 0.412. The van der Waals surface area contributed by atoms with Crippen molar-refractivity contribution in [2.24, 2.45) is 0 Å². The first-order valence-corrected chi connectivity index (χ1v) is 15.6. The summed E-state index contributed by atoms with van der Waals surface area (Å²) >= 11 is 0. The van der Waals surface area contributed by atoms with Crippen LogP contribution in [0.4, 0.5) is 0 Å². The number of nitrogens with one attached hydrogen (secondary N) is 2. The van der Waals surface area contributed by atoms with Gasteiger partial charge < -0.3 is 25.2 Å². The summed E-state index contributed by atoms with van der Waals surface area (Å²) in [6, 6.07) is 29.7. The van der Waals surface area contributed by atoms with Gasteiger partial charge in [0.2, 0.25) is 12.8 Å². The van der Waals surface area contributed by atoms with Crippen LogP contribution >= 0.6 is 0 Å². The van der Waals surface area contributed by atoms with Crippen LogP contribution in [-0.2, 0) is 15.0 Å². The third-order valence-electron chi connectivity index (χ3n) is 9.28. The Kier molecular flexibility index (Phi) is 10.2. The number of nitrogens with zero attached hydrogens (tertiary/aromatic N) is 2. The maximum atomic E-state index is 12.7. The zero-order valence-corrected chi connectivity index (χ0v) is 26.1. The second-order valence-electron chi connectivity index (χ2n) is 11.7. The molecule has 2 amide bonds. The molecule has 1 fully saturated rings. The first-order valence-electron chi connectivity index (χ1n) is 15.6. The van der Waals surface area contributed by atoms with E-state index < -0.39 is 0 Å². The molecule has 7 heteroatoms. The molecule has 0 spiro atoms. The molecule has 0 saturated carbocycles. The molecule has 1 saturated heterocycles. The predicted octanol–water partition coefficient (Wildman–Crippen LogP) is 5.91. The molecule has 0 aliphatic carbocycles. The van der Waals surface area contributed by atoms with Crippen molar-refractivity contribution in [2.75, 3.05) is 33.3 Å². The van der Waals surface area contributed by atoms with E-state index in [2.05, 4.69) is 83.1 Å². The molecular weight excluding hydrogens is 548 g/mol. The highest BCUT2D eigenvalue weighted by molar-refractivity contribution is 5.60. The maximum Gasteiger partial charge on any atom is 0.213 e. The minimum absolute atomic E-state index is 0.0125. The fourth-order valence-corrected chi connectivity index (χ4v) is 7.01. The first-order chi connectivity index (χ1) is 21.5. The number of piperidine rings is 1. The lowest BCUT2D eigenvalue weighted by molar-refractivity contribution is -0.116. The van der Waals surface area contributed by atoms with Crippen LogP contribution in [0.25, 0.3) is 0 Å². The summed E-state index contributed by atoms with van der Waals surface area (Å²) in [7, 11) is 1.64. The number of dihydropyridines is 1. The third-order valence-corrected chi connectivity index (χ3v) is 9.28. The molecule has 0 bridgehead atoms. The zero-order chi connectivity index (χ0) is 30.9. The lowest BCUT2D eigenvalue weighted by atomic mass is 9.68. The maximum absolute atomic E-state index is 12.7. The summed E-state index contributed by atoms with van der Waals surface area (Å²) in [6.45, 7) is 7.52. The Bertz CT molecular complexity index is 1440. The molecule has 2 aliphatic heterocycles. The number of carbonyl (C=O) groups excluding carboxylic acids is 2. The Morgan fingerprint density at radius 3 is 2.20 bits per heavy atom. The number of ether oxygens (including phenoxy) is 1. The van der Waals surface area contributed by atoms with Crippen LogP contribution in [-0.4, -0.2) is 55.9 Å². The molecule has 0 radical (unpaired) electrons. The highest BCUT2D eigenvalue weighted by Gasteiger charge is 2.38. The summed E-state index contributed by atoms with van der Waals surface area (Å²) in [6.07, 6.45) is 5.30. The van der Waals surface area contributed by atoms with E-state index in [4.69, 9.17) is 4.74 Å². The quantitative estimate of drug-likeness (QED) is 0.242. The molecular formula is C37H44N4O3. The topological polar surface area (TPSA) is 73.9 Å². The summed E-state index contributed by atoms with van der Waals surface area (Å²) in [5.41, 5.74) is 7.19. The number of rotatable bonds is 13. The minimum Gasteiger partial charge on any atom is -0.497 e. The van der Waals surface area contributed by atoms with Crippen LogP contribution in [0.1, 0.15) is 62.1 Å². The van der Waals surface area contributed by atoms with Crippen LogP contribution in [0, 0.1) is 0 Å². The molecule has 1 unspecified atom stereocenters. The van der Waals surface area contributed by atoms with Crippen LogP contribution in [0.2, 0.25) is 0 Å². The van der Waals surface area contributed by atoms with E-state index in [1.807, 2.05) is 36.1 Å². The number of hydrogen-bond donors (Lipinski definition) is 2. The third kappa shape index (κ3) is 6.43. The molecule has 1 atom stereocenters. The summed E-state index contributed by atoms with van der Waals surface area (Å²) in [5, 5.41) is 6.40. The second kappa shape index (κ2) is 14.4. The van der Waals surface area contributed by atoms with Crippen molar-refractivity contribution in [3.8, 4) is 5.75 Å². The van der Waals surface area contributed by atoms with Crippen LogP contribution < -0.4 is 15.4 Å². The van der Waals surface area contributed by atoms with Crippen molar-refractivity contribution in [2.45, 2.75) is 50.9 Å². The number of carbonyl (C=O) groups is 2. The van der Waals surface area contributed by atoms with Gasteiger partial charge in [-0.05, 0) is 81.1 Å². The Morgan fingerprint density at radius 2 is 1.64 bits per heavy atom. The van der Waals surface area contributed by atoms with E-state index in [9.17, 15) is 9.59 Å². The van der Waals surface area contributed by atoms with E-state index in [-0.39, 0.29) is 11.3 Å². The molecule has 3 aromatic rings. The molecule has 3 aromatic carbocycles. The minimum atomic E-state index is -0.316. The van der Waals surface area contributed by atoms with Gasteiger partial charge >= 0.3 is 0 Å². The lowest BCUT2D eigenvalue weighted by Crippen LogP contribution is -2.44. The highest BCUT2D eigenvalue weighted by Crippen LogP contribution is 2.42. The van der Waals surface area contributed by atoms with Crippen LogP contribution in [0.5, 0.6) is 5.75 Å². The second-order valence-corrected chi connectivity index (χ2v) is 11.7. The zero-order valence-electron chi connectivity index (χ0n) is 26.1. The number of methoxy groups -OCH3 is 1. The van der Waals surface area contributed by atoms with Gasteiger partial charge in [0.1, 0.15) is 5.75 Å². The van der Waals surface area contributed by atoms with E-state index in [0.717, 1.165) is 85.8 Å². The Hall–Kier alpha value is -4.36. The van der Waals surface area contributed by atoms with Gasteiger partial charge in [0.15, 0.2) is 0 Å². The fourth-order valence-electron chi connectivity index (χ4n) is 7.01. The monoisotopic (exact) mass is 592 g/mol.